The third-order valence-electron chi connectivity index (χ3n) is 13.1. The van der Waals surface area contributed by atoms with Gasteiger partial charge in [-0.1, -0.05) is 126 Å². The van der Waals surface area contributed by atoms with Crippen molar-refractivity contribution in [3.05, 3.63) is 181 Å². The molecule has 309 valence electrons. The molecule has 0 spiro atoms. The first-order valence-electron chi connectivity index (χ1n) is 22.2. The molecule has 12 rings (SSSR count). The van der Waals surface area contributed by atoms with Gasteiger partial charge in [0.15, 0.2) is 0 Å². The van der Waals surface area contributed by atoms with Crippen LogP contribution in [-0.2, 0) is 10.8 Å². The topological polar surface area (TPSA) is 33.3 Å². The van der Waals surface area contributed by atoms with Crippen LogP contribution in [0.15, 0.2) is 174 Å². The maximum absolute atomic E-state index is 6.59. The SMILES string of the molecule is CC(C)(C)c1ccc(Nc2ccc(N(c3ccccc3)c3ccccc3)cc2-c2ccc3c4cc5c(cc4n4c3c2[B]c2sc3ccc(C(C)(C)C)cc3c2-4)oc2ccccc25)cc1. The average molecular weight is 845 g/mol. The fourth-order valence-electron chi connectivity index (χ4n) is 9.80. The summed E-state index contributed by atoms with van der Waals surface area (Å²) in [4.78, 5) is 2.35. The van der Waals surface area contributed by atoms with Crippen molar-refractivity contribution >= 4 is 111 Å². The van der Waals surface area contributed by atoms with E-state index in [1.165, 1.54) is 59.0 Å². The molecule has 11 aromatic rings. The molecule has 0 fully saturated rings. The number of para-hydroxylation sites is 3. The van der Waals surface area contributed by atoms with Crippen molar-refractivity contribution in [1.82, 2.24) is 4.57 Å². The normalized spacial score (nSPS) is 12.7. The van der Waals surface area contributed by atoms with Crippen LogP contribution in [0.2, 0.25) is 0 Å². The number of aromatic nitrogens is 1. The summed E-state index contributed by atoms with van der Waals surface area (Å²) in [5.74, 6) is 0. The van der Waals surface area contributed by atoms with Crippen molar-refractivity contribution in [2.75, 3.05) is 10.2 Å². The molecule has 8 aromatic carbocycles. The van der Waals surface area contributed by atoms with E-state index in [1.54, 1.807) is 0 Å². The van der Waals surface area contributed by atoms with Crippen LogP contribution < -0.4 is 20.5 Å². The summed E-state index contributed by atoms with van der Waals surface area (Å²) in [6.07, 6.45) is 0. The lowest BCUT2D eigenvalue weighted by molar-refractivity contribution is 0.590. The fraction of sp³-hybridized carbons (Fsp3) is 0.138. The molecule has 4 heterocycles. The molecule has 0 saturated carbocycles. The molecule has 0 bridgehead atoms. The molecule has 0 unspecified atom stereocenters. The zero-order valence-electron chi connectivity index (χ0n) is 37.0. The van der Waals surface area contributed by atoms with Gasteiger partial charge in [0.1, 0.15) is 11.2 Å². The number of furan rings is 1. The van der Waals surface area contributed by atoms with Gasteiger partial charge in [-0.15, -0.1) is 11.3 Å². The molecule has 1 N–H and O–H groups in total. The smallest absolute Gasteiger partial charge is 0.211 e. The number of hydrogen-bond acceptors (Lipinski definition) is 4. The number of benzene rings is 8. The maximum Gasteiger partial charge on any atom is 0.211 e. The van der Waals surface area contributed by atoms with Gasteiger partial charge < -0.3 is 19.2 Å². The molecule has 0 atom stereocenters. The summed E-state index contributed by atoms with van der Waals surface area (Å²) < 4.78 is 11.7. The first kappa shape index (κ1) is 38.6. The van der Waals surface area contributed by atoms with Crippen molar-refractivity contribution in [2.24, 2.45) is 0 Å². The number of hydrogen-bond donors (Lipinski definition) is 1. The average Bonchev–Trinajstić information content (AvgIpc) is 3.96. The zero-order valence-corrected chi connectivity index (χ0v) is 37.8. The van der Waals surface area contributed by atoms with Crippen molar-refractivity contribution in [3.8, 4) is 16.8 Å². The first-order chi connectivity index (χ1) is 31.0. The first-order valence-corrected chi connectivity index (χ1v) is 23.1. The number of thiophene rings is 1. The van der Waals surface area contributed by atoms with Gasteiger partial charge in [-0.3, -0.25) is 0 Å². The quantitative estimate of drug-likeness (QED) is 0.169. The van der Waals surface area contributed by atoms with Crippen LogP contribution >= 0.6 is 11.3 Å². The van der Waals surface area contributed by atoms with Crippen LogP contribution in [-0.4, -0.2) is 11.8 Å². The Balaban J connectivity index is 1.14. The highest BCUT2D eigenvalue weighted by Crippen LogP contribution is 2.45. The third-order valence-corrected chi connectivity index (χ3v) is 14.2. The van der Waals surface area contributed by atoms with Gasteiger partial charge in [0.25, 0.3) is 0 Å². The monoisotopic (exact) mass is 844 g/mol. The molecule has 6 heteroatoms. The number of nitrogens with zero attached hydrogens (tertiary/aromatic N) is 2. The van der Waals surface area contributed by atoms with Crippen molar-refractivity contribution in [1.29, 1.82) is 0 Å². The zero-order chi connectivity index (χ0) is 43.5. The van der Waals surface area contributed by atoms with Crippen LogP contribution in [0.1, 0.15) is 52.7 Å². The Morgan fingerprint density at radius 3 is 1.94 bits per heavy atom. The van der Waals surface area contributed by atoms with E-state index in [0.717, 1.165) is 61.5 Å². The molecule has 0 aliphatic carbocycles. The molecule has 1 aliphatic rings. The highest BCUT2D eigenvalue weighted by atomic mass is 32.1. The molecule has 0 saturated heterocycles. The summed E-state index contributed by atoms with van der Waals surface area (Å²) in [7, 11) is 2.47. The number of rotatable bonds is 6. The van der Waals surface area contributed by atoms with E-state index >= 15 is 0 Å². The van der Waals surface area contributed by atoms with E-state index in [1.807, 2.05) is 11.3 Å². The van der Waals surface area contributed by atoms with Gasteiger partial charge in [0.2, 0.25) is 7.28 Å². The Labute approximate surface area is 378 Å². The van der Waals surface area contributed by atoms with Gasteiger partial charge in [0, 0.05) is 77.2 Å². The Bertz CT molecular complexity index is 3580. The Hall–Kier alpha value is -7.02. The van der Waals surface area contributed by atoms with E-state index in [0.29, 0.717) is 0 Å². The van der Waals surface area contributed by atoms with Crippen LogP contribution in [0.4, 0.5) is 28.4 Å². The van der Waals surface area contributed by atoms with Gasteiger partial charge in [-0.05, 0) is 117 Å². The summed E-state index contributed by atoms with van der Waals surface area (Å²) in [6.45, 7) is 13.7. The molecule has 1 radical (unpaired) electrons. The highest BCUT2D eigenvalue weighted by molar-refractivity contribution is 7.29. The largest absolute Gasteiger partial charge is 0.456 e. The van der Waals surface area contributed by atoms with Crippen LogP contribution in [0.5, 0.6) is 0 Å². The number of fused-ring (bicyclic) bond motifs is 10. The highest BCUT2D eigenvalue weighted by Gasteiger charge is 2.31. The van der Waals surface area contributed by atoms with E-state index in [2.05, 4.69) is 233 Å². The Kier molecular flexibility index (Phi) is 8.60. The summed E-state index contributed by atoms with van der Waals surface area (Å²) in [5.41, 5.74) is 17.0. The standard InChI is InChI=1S/C58H47BN3OS/c1-57(2,3)35-21-24-37(25-22-35)60-48-29-26-40(61(38-15-9-7-10-16-38)39-17-11-8-12-18-39)32-44(48)42-27-28-43-45-33-46-41-19-13-14-20-50(41)63-51(46)34-49(45)62-54(43)53(42)59-56-55(62)47-31-36(58(4,5)6)23-30-52(47)64-56/h7-34,60H,1-6H3. The van der Waals surface area contributed by atoms with Gasteiger partial charge >= 0.3 is 0 Å². The molecule has 4 nitrogen and oxygen atoms in total. The minimum Gasteiger partial charge on any atom is -0.456 e. The summed E-state index contributed by atoms with van der Waals surface area (Å²) in [5, 5.41) is 9.91. The number of nitrogens with one attached hydrogen (secondary N) is 1. The number of anilines is 5. The van der Waals surface area contributed by atoms with Crippen LogP contribution in [0, 0.1) is 0 Å². The minimum absolute atomic E-state index is 0.00977. The van der Waals surface area contributed by atoms with E-state index in [9.17, 15) is 0 Å². The summed E-state index contributed by atoms with van der Waals surface area (Å²) in [6, 6.07) is 62.0. The second-order valence-corrected chi connectivity index (χ2v) is 20.4. The van der Waals surface area contributed by atoms with Gasteiger partial charge in [0.05, 0.1) is 11.2 Å². The molecule has 3 aromatic heterocycles. The Morgan fingerprint density at radius 2 is 1.22 bits per heavy atom. The minimum atomic E-state index is 0.00977. The van der Waals surface area contributed by atoms with Gasteiger partial charge in [-0.2, -0.15) is 0 Å². The Morgan fingerprint density at radius 1 is 0.531 bits per heavy atom. The van der Waals surface area contributed by atoms with Crippen LogP contribution in [0.25, 0.3) is 70.6 Å². The lowest BCUT2D eigenvalue weighted by atomic mass is 9.63. The predicted octanol–water partition coefficient (Wildman–Crippen LogP) is 15.3. The molecule has 0 amide bonds. The predicted molar refractivity (Wildman–Crippen MR) is 276 cm³/mol. The molecular weight excluding hydrogens is 798 g/mol. The van der Waals surface area contributed by atoms with E-state index in [-0.39, 0.29) is 10.8 Å². The van der Waals surface area contributed by atoms with Crippen molar-refractivity contribution in [3.63, 3.8) is 0 Å². The van der Waals surface area contributed by atoms with E-state index in [4.69, 9.17) is 4.42 Å². The van der Waals surface area contributed by atoms with Crippen molar-refractivity contribution in [2.45, 2.75) is 52.4 Å². The van der Waals surface area contributed by atoms with Gasteiger partial charge in [-0.25, -0.2) is 0 Å². The second-order valence-electron chi connectivity index (χ2n) is 19.3. The van der Waals surface area contributed by atoms with Crippen LogP contribution in [0.3, 0.4) is 0 Å². The fourth-order valence-corrected chi connectivity index (χ4v) is 10.9. The molecular formula is C58H47BN3OS. The lowest BCUT2D eigenvalue weighted by Crippen LogP contribution is -2.35. The van der Waals surface area contributed by atoms with Crippen molar-refractivity contribution < 1.29 is 4.42 Å². The third kappa shape index (κ3) is 6.18. The summed E-state index contributed by atoms with van der Waals surface area (Å²) >= 11 is 1.88. The maximum atomic E-state index is 6.59. The molecule has 64 heavy (non-hydrogen) atoms. The lowest BCUT2D eigenvalue weighted by Gasteiger charge is -2.27. The van der Waals surface area contributed by atoms with E-state index < -0.39 is 0 Å². The molecule has 1 aliphatic heterocycles. The second kappa shape index (κ2) is 14.3.